The maximum Gasteiger partial charge on any atom is 0.416 e. The number of rotatable bonds is 4. The van der Waals surface area contributed by atoms with Crippen LogP contribution >= 0.6 is 0 Å². The third-order valence-corrected chi connectivity index (χ3v) is 7.41. The second-order valence-electron chi connectivity index (χ2n) is 9.31. The average molecular weight is 419 g/mol. The van der Waals surface area contributed by atoms with E-state index in [0.717, 1.165) is 48.3 Å². The van der Waals surface area contributed by atoms with E-state index in [2.05, 4.69) is 6.92 Å². The van der Waals surface area contributed by atoms with Crippen LogP contribution in [0, 0.1) is 23.6 Å². The Hall–Kier alpha value is -1.84. The fourth-order valence-corrected chi connectivity index (χ4v) is 5.82. The minimum Gasteiger partial charge on any atom is -0.206 e. The van der Waals surface area contributed by atoms with Crippen LogP contribution in [0.15, 0.2) is 42.5 Å². The lowest BCUT2D eigenvalue weighted by Crippen LogP contribution is -2.30. The summed E-state index contributed by atoms with van der Waals surface area (Å²) in [6, 6.07) is 10.0. The van der Waals surface area contributed by atoms with E-state index in [9.17, 15) is 17.6 Å². The van der Waals surface area contributed by atoms with E-state index in [1.165, 1.54) is 50.7 Å². The minimum absolute atomic E-state index is 0.346. The fraction of sp³-hybridized carbons (Fsp3) is 0.538. The summed E-state index contributed by atoms with van der Waals surface area (Å²) in [7, 11) is 0. The largest absolute Gasteiger partial charge is 0.416 e. The molecule has 0 saturated heterocycles. The quantitative estimate of drug-likeness (QED) is 0.436. The molecule has 4 rings (SSSR count). The summed E-state index contributed by atoms with van der Waals surface area (Å²) in [4.78, 5) is 0. The van der Waals surface area contributed by atoms with E-state index in [-0.39, 0.29) is 5.82 Å². The zero-order valence-electron chi connectivity index (χ0n) is 17.5. The van der Waals surface area contributed by atoms with Gasteiger partial charge in [0.05, 0.1) is 5.56 Å². The molecule has 4 heteroatoms. The molecule has 162 valence electrons. The first-order valence-electron chi connectivity index (χ1n) is 11.3. The highest BCUT2D eigenvalue weighted by Crippen LogP contribution is 2.48. The molecule has 4 unspecified atom stereocenters. The molecule has 0 radical (unpaired) electrons. The molecule has 0 spiro atoms. The van der Waals surface area contributed by atoms with Gasteiger partial charge in [-0.15, -0.1) is 0 Å². The molecule has 0 amide bonds. The summed E-state index contributed by atoms with van der Waals surface area (Å²) in [6.45, 7) is 2.27. The lowest BCUT2D eigenvalue weighted by Gasteiger charge is -2.42. The lowest BCUT2D eigenvalue weighted by atomic mass is 9.63. The normalized spacial score (nSPS) is 27.0. The van der Waals surface area contributed by atoms with Crippen molar-refractivity contribution in [1.29, 1.82) is 0 Å². The van der Waals surface area contributed by atoms with Gasteiger partial charge in [-0.3, -0.25) is 0 Å². The van der Waals surface area contributed by atoms with Gasteiger partial charge in [0.2, 0.25) is 0 Å². The first kappa shape index (κ1) is 21.4. The molecule has 30 heavy (non-hydrogen) atoms. The SMILES string of the molecule is CCCC1CCC2CC(c3ccc(-c4ccc(C(F)(F)F)cc4)c(F)c3)CCC2C1. The lowest BCUT2D eigenvalue weighted by molar-refractivity contribution is -0.137. The molecule has 0 N–H and O–H groups in total. The first-order valence-corrected chi connectivity index (χ1v) is 11.3. The van der Waals surface area contributed by atoms with Crippen LogP contribution in [0.2, 0.25) is 0 Å². The molecular formula is C26H30F4. The molecule has 2 fully saturated rings. The van der Waals surface area contributed by atoms with Crippen LogP contribution in [0.3, 0.4) is 0 Å². The van der Waals surface area contributed by atoms with Gasteiger partial charge in [-0.1, -0.05) is 50.5 Å². The Labute approximate surface area is 176 Å². The van der Waals surface area contributed by atoms with Crippen molar-refractivity contribution in [3.63, 3.8) is 0 Å². The Bertz CT molecular complexity index is 852. The predicted molar refractivity (Wildman–Crippen MR) is 113 cm³/mol. The number of hydrogen-bond donors (Lipinski definition) is 0. The summed E-state index contributed by atoms with van der Waals surface area (Å²) < 4.78 is 53.2. The topological polar surface area (TPSA) is 0 Å². The van der Waals surface area contributed by atoms with Gasteiger partial charge < -0.3 is 0 Å². The highest BCUT2D eigenvalue weighted by atomic mass is 19.4. The van der Waals surface area contributed by atoms with E-state index in [1.54, 1.807) is 12.1 Å². The van der Waals surface area contributed by atoms with Crippen LogP contribution in [-0.4, -0.2) is 0 Å². The van der Waals surface area contributed by atoms with Gasteiger partial charge in [0.1, 0.15) is 5.82 Å². The standard InChI is InChI=1S/C26H30F4/c1-2-3-17-4-5-20-15-21(7-6-19(20)14-17)22-10-13-24(25(27)16-22)18-8-11-23(12-9-18)26(28,29)30/h8-13,16-17,19-21H,2-7,14-15H2,1H3. The number of fused-ring (bicyclic) bond motifs is 1. The average Bonchev–Trinajstić information content (AvgIpc) is 2.73. The molecule has 0 heterocycles. The van der Waals surface area contributed by atoms with Gasteiger partial charge in [0.25, 0.3) is 0 Å². The zero-order chi connectivity index (χ0) is 21.3. The van der Waals surface area contributed by atoms with Crippen LogP contribution in [-0.2, 0) is 6.18 Å². The van der Waals surface area contributed by atoms with Gasteiger partial charge >= 0.3 is 6.18 Å². The maximum absolute atomic E-state index is 14.9. The number of halogens is 4. The molecule has 2 aliphatic carbocycles. The number of alkyl halides is 3. The van der Waals surface area contributed by atoms with Crippen LogP contribution in [0.25, 0.3) is 11.1 Å². The highest BCUT2D eigenvalue weighted by Gasteiger charge is 2.36. The van der Waals surface area contributed by atoms with Crippen molar-refractivity contribution in [2.45, 2.75) is 70.4 Å². The number of benzene rings is 2. The minimum atomic E-state index is -4.38. The zero-order valence-corrected chi connectivity index (χ0v) is 17.5. The van der Waals surface area contributed by atoms with E-state index >= 15 is 0 Å². The maximum atomic E-state index is 14.9. The monoisotopic (exact) mass is 418 g/mol. The van der Waals surface area contributed by atoms with E-state index < -0.39 is 11.7 Å². The van der Waals surface area contributed by atoms with Crippen molar-refractivity contribution in [3.8, 4) is 11.1 Å². The van der Waals surface area contributed by atoms with Crippen LogP contribution in [0.1, 0.15) is 75.3 Å². The molecule has 4 atom stereocenters. The van der Waals surface area contributed by atoms with Gasteiger partial charge in [-0.2, -0.15) is 13.2 Å². The molecule has 0 aromatic heterocycles. The van der Waals surface area contributed by atoms with Crippen LogP contribution in [0.5, 0.6) is 0 Å². The predicted octanol–water partition coefficient (Wildman–Crippen LogP) is 8.61. The van der Waals surface area contributed by atoms with Gasteiger partial charge in [-0.05, 0) is 85.1 Å². The third kappa shape index (κ3) is 4.58. The van der Waals surface area contributed by atoms with E-state index in [4.69, 9.17) is 0 Å². The van der Waals surface area contributed by atoms with Crippen LogP contribution < -0.4 is 0 Å². The molecule has 2 saturated carbocycles. The van der Waals surface area contributed by atoms with Crippen LogP contribution in [0.4, 0.5) is 17.6 Å². The smallest absolute Gasteiger partial charge is 0.206 e. The molecule has 0 bridgehead atoms. The Kier molecular flexibility index (Phi) is 6.22. The fourth-order valence-electron chi connectivity index (χ4n) is 5.82. The molecule has 0 nitrogen and oxygen atoms in total. The molecule has 2 aliphatic rings. The second-order valence-corrected chi connectivity index (χ2v) is 9.31. The van der Waals surface area contributed by atoms with Gasteiger partial charge in [0, 0.05) is 5.56 Å². The first-order chi connectivity index (χ1) is 14.3. The third-order valence-electron chi connectivity index (χ3n) is 7.41. The van der Waals surface area contributed by atoms with Gasteiger partial charge in [-0.25, -0.2) is 4.39 Å². The van der Waals surface area contributed by atoms with Crippen molar-refractivity contribution < 1.29 is 17.6 Å². The summed E-state index contributed by atoms with van der Waals surface area (Å²) in [5, 5.41) is 0. The van der Waals surface area contributed by atoms with Crippen molar-refractivity contribution in [2.24, 2.45) is 17.8 Å². The Morgan fingerprint density at radius 3 is 2.23 bits per heavy atom. The summed E-state index contributed by atoms with van der Waals surface area (Å²) in [6.07, 6.45) is 5.74. The Morgan fingerprint density at radius 2 is 1.57 bits per heavy atom. The summed E-state index contributed by atoms with van der Waals surface area (Å²) in [5.41, 5.74) is 1.16. The van der Waals surface area contributed by atoms with Crippen molar-refractivity contribution >= 4 is 0 Å². The molecule has 2 aromatic rings. The van der Waals surface area contributed by atoms with Crippen molar-refractivity contribution in [3.05, 3.63) is 59.4 Å². The van der Waals surface area contributed by atoms with Crippen molar-refractivity contribution in [1.82, 2.24) is 0 Å². The summed E-state index contributed by atoms with van der Waals surface area (Å²) >= 11 is 0. The Balaban J connectivity index is 1.45. The Morgan fingerprint density at radius 1 is 0.867 bits per heavy atom. The number of hydrogen-bond acceptors (Lipinski definition) is 0. The second kappa shape index (κ2) is 8.72. The summed E-state index contributed by atoms with van der Waals surface area (Å²) in [5.74, 6) is 2.54. The van der Waals surface area contributed by atoms with Crippen molar-refractivity contribution in [2.75, 3.05) is 0 Å². The van der Waals surface area contributed by atoms with Gasteiger partial charge in [0.15, 0.2) is 0 Å². The van der Waals surface area contributed by atoms with E-state index in [0.29, 0.717) is 17.0 Å². The molecule has 0 aliphatic heterocycles. The highest BCUT2D eigenvalue weighted by molar-refractivity contribution is 5.65. The molecule has 2 aromatic carbocycles. The van der Waals surface area contributed by atoms with E-state index in [1.807, 2.05) is 6.07 Å². The molecular weight excluding hydrogens is 388 g/mol.